The first-order valence-electron chi connectivity index (χ1n) is 12.8. The van der Waals surface area contributed by atoms with Gasteiger partial charge in [-0.2, -0.15) is 0 Å². The summed E-state index contributed by atoms with van der Waals surface area (Å²) in [6.45, 7) is 6.07. The van der Waals surface area contributed by atoms with Gasteiger partial charge in [0.1, 0.15) is 12.4 Å². The summed E-state index contributed by atoms with van der Waals surface area (Å²) in [5.41, 5.74) is 3.35. The summed E-state index contributed by atoms with van der Waals surface area (Å²) in [6, 6.07) is 24.5. The van der Waals surface area contributed by atoms with Crippen molar-refractivity contribution in [3.05, 3.63) is 89.5 Å². The maximum absolute atomic E-state index is 10.8. The fourth-order valence-corrected chi connectivity index (χ4v) is 4.73. The number of methoxy groups -OCH3 is 2. The number of ether oxygens (including phenoxy) is 3. The van der Waals surface area contributed by atoms with Crippen molar-refractivity contribution < 1.29 is 19.3 Å². The molecule has 1 aliphatic rings. The monoisotopic (exact) mass is 490 g/mol. The van der Waals surface area contributed by atoms with Crippen molar-refractivity contribution >= 4 is 0 Å². The van der Waals surface area contributed by atoms with E-state index in [1.807, 2.05) is 30.3 Å². The SMILES string of the molecule is COc1ccc(C(O)CN2CCCN(CCOc3ccccc3Cc3ccccc3)CC2)cc1OC. The smallest absolute Gasteiger partial charge is 0.161 e. The second-order valence-electron chi connectivity index (χ2n) is 9.24. The molecule has 1 unspecified atom stereocenters. The Labute approximate surface area is 215 Å². The molecule has 0 amide bonds. The van der Waals surface area contributed by atoms with Gasteiger partial charge in [0.2, 0.25) is 0 Å². The first-order chi connectivity index (χ1) is 17.7. The third kappa shape index (κ3) is 7.23. The maximum atomic E-state index is 10.8. The molecule has 0 aliphatic carbocycles. The van der Waals surface area contributed by atoms with E-state index < -0.39 is 6.10 Å². The van der Waals surface area contributed by atoms with E-state index in [1.54, 1.807) is 14.2 Å². The van der Waals surface area contributed by atoms with E-state index in [4.69, 9.17) is 14.2 Å². The number of hydrogen-bond donors (Lipinski definition) is 1. The van der Waals surface area contributed by atoms with Gasteiger partial charge in [0.15, 0.2) is 11.5 Å². The standard InChI is InChI=1S/C30H38N2O4/c1-34-29-14-13-25(22-30(29)35-2)27(33)23-32-16-8-15-31(17-18-32)19-20-36-28-12-7-6-11-26(28)21-24-9-4-3-5-10-24/h3-7,9-14,22,27,33H,8,15-21,23H2,1-2H3. The van der Waals surface area contributed by atoms with Gasteiger partial charge in [0.05, 0.1) is 20.3 Å². The highest BCUT2D eigenvalue weighted by Gasteiger charge is 2.19. The molecule has 3 aromatic rings. The number of rotatable bonds is 11. The van der Waals surface area contributed by atoms with Crippen molar-refractivity contribution in [2.75, 3.05) is 60.1 Å². The molecule has 0 spiro atoms. The van der Waals surface area contributed by atoms with Crippen molar-refractivity contribution in [3.8, 4) is 17.2 Å². The van der Waals surface area contributed by atoms with Crippen LogP contribution in [0.25, 0.3) is 0 Å². The van der Waals surface area contributed by atoms with Crippen molar-refractivity contribution in [1.29, 1.82) is 0 Å². The molecular formula is C30H38N2O4. The van der Waals surface area contributed by atoms with E-state index in [9.17, 15) is 5.11 Å². The highest BCUT2D eigenvalue weighted by atomic mass is 16.5. The first kappa shape index (κ1) is 26.0. The highest BCUT2D eigenvalue weighted by Crippen LogP contribution is 2.30. The predicted octanol–water partition coefficient (Wildman–Crippen LogP) is 4.41. The van der Waals surface area contributed by atoms with Crippen LogP contribution in [0.2, 0.25) is 0 Å². The Bertz CT molecular complexity index is 1080. The summed E-state index contributed by atoms with van der Waals surface area (Å²) in [5, 5.41) is 10.8. The predicted molar refractivity (Wildman–Crippen MR) is 143 cm³/mol. The normalized spacial score (nSPS) is 15.8. The molecule has 1 aliphatic heterocycles. The van der Waals surface area contributed by atoms with Gasteiger partial charge in [0.25, 0.3) is 0 Å². The van der Waals surface area contributed by atoms with Crippen LogP contribution in [-0.4, -0.2) is 75.0 Å². The first-order valence-corrected chi connectivity index (χ1v) is 12.8. The van der Waals surface area contributed by atoms with Crippen LogP contribution in [0.3, 0.4) is 0 Å². The fraction of sp³-hybridized carbons (Fsp3) is 0.400. The van der Waals surface area contributed by atoms with Crippen molar-refractivity contribution in [1.82, 2.24) is 9.80 Å². The molecule has 1 saturated heterocycles. The minimum atomic E-state index is -0.569. The molecule has 6 nitrogen and oxygen atoms in total. The third-order valence-corrected chi connectivity index (χ3v) is 6.78. The second kappa shape index (κ2) is 13.3. The number of benzene rings is 3. The zero-order chi connectivity index (χ0) is 25.2. The third-order valence-electron chi connectivity index (χ3n) is 6.78. The average Bonchev–Trinajstić information content (AvgIpc) is 3.14. The molecule has 6 heteroatoms. The summed E-state index contributed by atoms with van der Waals surface area (Å²) >= 11 is 0. The zero-order valence-electron chi connectivity index (χ0n) is 21.4. The molecule has 0 saturated carbocycles. The van der Waals surface area contributed by atoms with Gasteiger partial charge in [-0.3, -0.25) is 9.80 Å². The number of nitrogens with zero attached hydrogens (tertiary/aromatic N) is 2. The van der Waals surface area contributed by atoms with E-state index >= 15 is 0 Å². The van der Waals surface area contributed by atoms with Gasteiger partial charge in [0, 0.05) is 32.6 Å². The van der Waals surface area contributed by atoms with Gasteiger partial charge in [-0.05, 0) is 54.4 Å². The number of aliphatic hydroxyl groups is 1. The minimum Gasteiger partial charge on any atom is -0.493 e. The van der Waals surface area contributed by atoms with E-state index in [-0.39, 0.29) is 0 Å². The van der Waals surface area contributed by atoms with Crippen LogP contribution < -0.4 is 14.2 Å². The molecule has 3 aromatic carbocycles. The lowest BCUT2D eigenvalue weighted by Gasteiger charge is -2.24. The highest BCUT2D eigenvalue weighted by molar-refractivity contribution is 5.43. The Kier molecular flexibility index (Phi) is 9.61. The average molecular weight is 491 g/mol. The van der Waals surface area contributed by atoms with Crippen molar-refractivity contribution in [2.45, 2.75) is 18.9 Å². The van der Waals surface area contributed by atoms with E-state index in [0.29, 0.717) is 24.7 Å². The Hall–Kier alpha value is -3.06. The number of hydrogen-bond acceptors (Lipinski definition) is 6. The minimum absolute atomic E-state index is 0.569. The van der Waals surface area contributed by atoms with Gasteiger partial charge in [-0.25, -0.2) is 0 Å². The molecule has 0 aromatic heterocycles. The Morgan fingerprint density at radius 2 is 1.50 bits per heavy atom. The molecule has 1 fully saturated rings. The molecule has 1 heterocycles. The molecule has 0 radical (unpaired) electrons. The lowest BCUT2D eigenvalue weighted by molar-refractivity contribution is 0.114. The Morgan fingerprint density at radius 1 is 0.778 bits per heavy atom. The topological polar surface area (TPSA) is 54.4 Å². The number of aliphatic hydroxyl groups excluding tert-OH is 1. The van der Waals surface area contributed by atoms with Crippen LogP contribution in [0.4, 0.5) is 0 Å². The molecule has 1 atom stereocenters. The van der Waals surface area contributed by atoms with E-state index in [0.717, 1.165) is 56.9 Å². The van der Waals surface area contributed by atoms with Gasteiger partial charge in [-0.15, -0.1) is 0 Å². The lowest BCUT2D eigenvalue weighted by Crippen LogP contribution is -2.35. The largest absolute Gasteiger partial charge is 0.493 e. The molecule has 192 valence electrons. The van der Waals surface area contributed by atoms with Gasteiger partial charge < -0.3 is 19.3 Å². The molecule has 1 N–H and O–H groups in total. The Balaban J connectivity index is 1.24. The molecular weight excluding hydrogens is 452 g/mol. The molecule has 36 heavy (non-hydrogen) atoms. The van der Waals surface area contributed by atoms with E-state index in [2.05, 4.69) is 52.3 Å². The van der Waals surface area contributed by atoms with Crippen molar-refractivity contribution in [2.24, 2.45) is 0 Å². The van der Waals surface area contributed by atoms with Crippen LogP contribution in [0, 0.1) is 0 Å². The molecule has 0 bridgehead atoms. The summed E-state index contributed by atoms with van der Waals surface area (Å²) in [6.07, 6.45) is 1.38. The van der Waals surface area contributed by atoms with Crippen molar-refractivity contribution in [3.63, 3.8) is 0 Å². The fourth-order valence-electron chi connectivity index (χ4n) is 4.73. The van der Waals surface area contributed by atoms with Crippen LogP contribution in [0.1, 0.15) is 29.2 Å². The van der Waals surface area contributed by atoms with Crippen LogP contribution in [0.5, 0.6) is 17.2 Å². The second-order valence-corrected chi connectivity index (χ2v) is 9.24. The number of β-amino-alcohol motifs (C(OH)–C–C–N with tert-alkyl or cyclic N) is 1. The van der Waals surface area contributed by atoms with Crippen LogP contribution in [0.15, 0.2) is 72.8 Å². The van der Waals surface area contributed by atoms with Gasteiger partial charge in [-0.1, -0.05) is 54.6 Å². The maximum Gasteiger partial charge on any atom is 0.161 e. The number of para-hydroxylation sites is 1. The van der Waals surface area contributed by atoms with Gasteiger partial charge >= 0.3 is 0 Å². The molecule has 4 rings (SSSR count). The van der Waals surface area contributed by atoms with Crippen LogP contribution in [-0.2, 0) is 6.42 Å². The quantitative estimate of drug-likeness (QED) is 0.430. The lowest BCUT2D eigenvalue weighted by atomic mass is 10.0. The Morgan fingerprint density at radius 3 is 2.31 bits per heavy atom. The summed E-state index contributed by atoms with van der Waals surface area (Å²) in [4.78, 5) is 4.81. The zero-order valence-corrected chi connectivity index (χ0v) is 21.4. The summed E-state index contributed by atoms with van der Waals surface area (Å²) in [7, 11) is 3.23. The summed E-state index contributed by atoms with van der Waals surface area (Å²) in [5.74, 6) is 2.28. The van der Waals surface area contributed by atoms with E-state index in [1.165, 1.54) is 11.1 Å². The summed E-state index contributed by atoms with van der Waals surface area (Å²) < 4.78 is 16.9. The van der Waals surface area contributed by atoms with Crippen LogP contribution >= 0.6 is 0 Å².